The van der Waals surface area contributed by atoms with Crippen LogP contribution in [0.4, 0.5) is 0 Å². The third-order valence-corrected chi connectivity index (χ3v) is 7.19. The quantitative estimate of drug-likeness (QED) is 0.170. The van der Waals surface area contributed by atoms with Crippen LogP contribution in [0.1, 0.15) is 38.9 Å². The maximum Gasteiger partial charge on any atom is 0.216 e. The Hall–Kier alpha value is -3.70. The van der Waals surface area contributed by atoms with Crippen LogP contribution in [0.2, 0.25) is 0 Å². The Balaban J connectivity index is 0.000000269. The molecule has 7 aromatic rings. The molecule has 2 aromatic carbocycles. The van der Waals surface area contributed by atoms with Crippen molar-refractivity contribution in [1.29, 1.82) is 0 Å². The van der Waals surface area contributed by atoms with Crippen LogP contribution in [0.5, 0.6) is 0 Å². The summed E-state index contributed by atoms with van der Waals surface area (Å²) in [6.45, 7) is 3.35. The molecule has 0 aliphatic rings. The molecule has 7 rings (SSSR count). The van der Waals surface area contributed by atoms with Crippen LogP contribution < -0.4 is 0 Å². The number of hydrogen-bond acceptors (Lipinski definition) is 5. The SMILES string of the molecule is [2H]C([2H])([2H])c1ccc2c(n1)oc1c(-c3nccc4c(C([2H])([2H])C(C)(C)C)csc34)[c-]ccc12.[Ir].[c-]1ccccc1-c1ccccn1. The first kappa shape index (κ1) is 22.9. The average molecular weight is 737 g/mol. The molecule has 0 spiro atoms. The van der Waals surface area contributed by atoms with E-state index in [9.17, 15) is 0 Å². The standard InChI is InChI=1S/C24H21N2OS.C11H8N.Ir/c1-14-8-9-18-17-6-5-7-19(21(17)27-23(18)26-14)20-22-16(10-11-25-20)15(13-28-22)12-24(2,3)4;1-2-6-10(7-3-1)11-8-4-5-9-12-11;/h5-6,8-11,13H,12H2,1-4H3;1-6,8-9H;/q2*-1;/i1D3,12D2;;. The molecule has 6 heteroatoms. The predicted molar refractivity (Wildman–Crippen MR) is 165 cm³/mol. The number of rotatable bonds is 3. The van der Waals surface area contributed by atoms with Crippen LogP contribution in [0.15, 0.2) is 95.0 Å². The molecule has 5 heterocycles. The van der Waals surface area contributed by atoms with E-state index < -0.39 is 18.6 Å². The molecule has 207 valence electrons. The first-order valence-corrected chi connectivity index (χ1v) is 13.7. The van der Waals surface area contributed by atoms with Crippen LogP contribution in [-0.2, 0) is 26.5 Å². The Morgan fingerprint density at radius 3 is 2.54 bits per heavy atom. The number of aromatic nitrogens is 3. The second-order valence-electron chi connectivity index (χ2n) is 10.3. The third kappa shape index (κ3) is 6.15. The topological polar surface area (TPSA) is 51.8 Å². The van der Waals surface area contributed by atoms with Crippen molar-refractivity contribution < 1.29 is 31.4 Å². The predicted octanol–water partition coefficient (Wildman–Crippen LogP) is 9.50. The van der Waals surface area contributed by atoms with Crippen molar-refractivity contribution >= 4 is 43.5 Å². The van der Waals surface area contributed by atoms with Gasteiger partial charge in [-0.1, -0.05) is 43.9 Å². The minimum absolute atomic E-state index is 0. The van der Waals surface area contributed by atoms with E-state index in [0.29, 0.717) is 22.4 Å². The molecule has 0 saturated heterocycles. The summed E-state index contributed by atoms with van der Waals surface area (Å²) in [6.07, 6.45) is 1.93. The summed E-state index contributed by atoms with van der Waals surface area (Å²) in [4.78, 5) is 13.0. The van der Waals surface area contributed by atoms with Crippen molar-refractivity contribution in [3.05, 3.63) is 114 Å². The average Bonchev–Trinajstić information content (AvgIpc) is 3.63. The van der Waals surface area contributed by atoms with E-state index >= 15 is 0 Å². The van der Waals surface area contributed by atoms with Crippen LogP contribution in [-0.4, -0.2) is 15.0 Å². The first-order valence-electron chi connectivity index (χ1n) is 15.4. The van der Waals surface area contributed by atoms with Gasteiger partial charge in [-0.25, -0.2) is 4.98 Å². The zero-order valence-corrected chi connectivity index (χ0v) is 25.9. The van der Waals surface area contributed by atoms with Gasteiger partial charge in [0.2, 0.25) is 5.71 Å². The normalized spacial score (nSPS) is 13.8. The molecule has 0 fully saturated rings. The molecule has 0 atom stereocenters. The summed E-state index contributed by atoms with van der Waals surface area (Å²) in [5.74, 6) is 0. The van der Waals surface area contributed by atoms with Gasteiger partial charge in [0.1, 0.15) is 0 Å². The molecule has 0 bridgehead atoms. The van der Waals surface area contributed by atoms with Gasteiger partial charge >= 0.3 is 0 Å². The van der Waals surface area contributed by atoms with Crippen LogP contribution in [0, 0.1) is 24.4 Å². The van der Waals surface area contributed by atoms with Crippen molar-refractivity contribution in [2.45, 2.75) is 34.0 Å². The number of benzene rings is 2. The smallest absolute Gasteiger partial charge is 0.216 e. The summed E-state index contributed by atoms with van der Waals surface area (Å²) < 4.78 is 47.3. The van der Waals surface area contributed by atoms with E-state index in [0.717, 1.165) is 32.1 Å². The fourth-order valence-corrected chi connectivity index (χ4v) is 5.51. The van der Waals surface area contributed by atoms with Crippen molar-refractivity contribution in [3.63, 3.8) is 0 Å². The molecule has 4 nitrogen and oxygen atoms in total. The molecule has 5 aromatic heterocycles. The zero-order valence-electron chi connectivity index (χ0n) is 27.7. The van der Waals surface area contributed by atoms with E-state index in [1.807, 2.05) is 80.7 Å². The molecular formula is C35H29IrN3OS-2. The van der Waals surface area contributed by atoms with Gasteiger partial charge < -0.3 is 14.4 Å². The number of nitrogens with zero attached hydrogens (tertiary/aromatic N) is 3. The Bertz CT molecular complexity index is 2080. The van der Waals surface area contributed by atoms with E-state index in [1.54, 1.807) is 24.5 Å². The molecular weight excluding hydrogens is 703 g/mol. The Labute approximate surface area is 264 Å². The summed E-state index contributed by atoms with van der Waals surface area (Å²) in [5, 5.41) is 4.19. The molecule has 0 amide bonds. The number of thiophene rings is 1. The fourth-order valence-electron chi connectivity index (χ4n) is 4.51. The van der Waals surface area contributed by atoms with Crippen molar-refractivity contribution in [1.82, 2.24) is 15.0 Å². The van der Waals surface area contributed by atoms with Crippen molar-refractivity contribution in [3.8, 4) is 22.5 Å². The van der Waals surface area contributed by atoms with E-state index in [4.69, 9.17) is 11.3 Å². The zero-order chi connectivity index (χ0) is 32.0. The van der Waals surface area contributed by atoms with Gasteiger partial charge in [-0.05, 0) is 64.9 Å². The largest absolute Gasteiger partial charge is 0.486 e. The maximum absolute atomic E-state index is 8.74. The van der Waals surface area contributed by atoms with Crippen molar-refractivity contribution in [2.75, 3.05) is 0 Å². The van der Waals surface area contributed by atoms with Gasteiger partial charge in [0, 0.05) is 60.8 Å². The van der Waals surface area contributed by atoms with Crippen LogP contribution in [0.25, 0.3) is 54.7 Å². The van der Waals surface area contributed by atoms with Crippen LogP contribution >= 0.6 is 11.3 Å². The van der Waals surface area contributed by atoms with Gasteiger partial charge in [0.15, 0.2) is 0 Å². The van der Waals surface area contributed by atoms with Gasteiger partial charge in [-0.2, -0.15) is 11.3 Å². The van der Waals surface area contributed by atoms with Gasteiger partial charge in [-0.3, -0.25) is 0 Å². The molecule has 0 N–H and O–H groups in total. The van der Waals surface area contributed by atoms with Crippen molar-refractivity contribution in [2.24, 2.45) is 5.41 Å². The third-order valence-electron chi connectivity index (χ3n) is 6.18. The Morgan fingerprint density at radius 1 is 0.902 bits per heavy atom. The number of furan rings is 1. The molecule has 0 unspecified atom stereocenters. The van der Waals surface area contributed by atoms with Gasteiger partial charge in [-0.15, -0.1) is 54.1 Å². The molecule has 41 heavy (non-hydrogen) atoms. The second-order valence-corrected chi connectivity index (χ2v) is 11.2. The fraction of sp³-hybridized carbons (Fsp3) is 0.171. The number of aryl methyl sites for hydroxylation is 1. The summed E-state index contributed by atoms with van der Waals surface area (Å²) in [5.41, 5.74) is 4.11. The number of hydrogen-bond donors (Lipinski definition) is 0. The minimum atomic E-state index is -2.32. The van der Waals surface area contributed by atoms with Gasteiger partial charge in [0.25, 0.3) is 0 Å². The summed E-state index contributed by atoms with van der Waals surface area (Å²) >= 11 is 1.45. The number of pyridine rings is 3. The Morgan fingerprint density at radius 2 is 1.78 bits per heavy atom. The monoisotopic (exact) mass is 737 g/mol. The molecule has 0 aliphatic carbocycles. The second kappa shape index (κ2) is 12.0. The summed E-state index contributed by atoms with van der Waals surface area (Å²) in [6, 6.07) is 28.7. The van der Waals surface area contributed by atoms with E-state index in [1.165, 1.54) is 17.4 Å². The molecule has 1 radical (unpaired) electrons. The van der Waals surface area contributed by atoms with Gasteiger partial charge in [0.05, 0.1) is 5.58 Å². The Kier molecular flexibility index (Phi) is 6.73. The first-order chi connectivity index (χ1) is 21.4. The maximum atomic E-state index is 8.74. The number of fused-ring (bicyclic) bond motifs is 4. The molecule has 0 saturated carbocycles. The minimum Gasteiger partial charge on any atom is -0.486 e. The molecule has 0 aliphatic heterocycles. The van der Waals surface area contributed by atoms with E-state index in [2.05, 4.69) is 27.1 Å². The van der Waals surface area contributed by atoms with E-state index in [-0.39, 0.29) is 31.5 Å². The van der Waals surface area contributed by atoms with Crippen LogP contribution in [0.3, 0.4) is 0 Å². The summed E-state index contributed by atoms with van der Waals surface area (Å²) in [7, 11) is 0.